The minimum absolute atomic E-state index is 0.119. The average Bonchev–Trinajstić information content (AvgIpc) is 0.658. The van der Waals surface area contributed by atoms with Crippen LogP contribution in [-0.4, -0.2) is 217 Å². The van der Waals surface area contributed by atoms with Crippen LogP contribution in [0.5, 0.6) is 0 Å². The molecular weight excluding hydrogens is 1860 g/mol. The summed E-state index contributed by atoms with van der Waals surface area (Å²) in [5.41, 5.74) is 30.4. The number of ether oxygens (including phenoxy) is 32. The van der Waals surface area contributed by atoms with E-state index in [2.05, 4.69) is 121 Å². The lowest BCUT2D eigenvalue weighted by Gasteiger charge is -2.62. The van der Waals surface area contributed by atoms with Crippen LogP contribution in [0.2, 0.25) is 0 Å². The zero-order chi connectivity index (χ0) is 93.3. The third-order valence-corrected chi connectivity index (χ3v) is 36.2. The standard InChI is InChI=1S/C112H92O32/c1-3-59-39-63-43-73-89(59)87-57(1)37-61(41-71(87)97-99(73,117-9-5-113-97)118-10-6-114-97)65-45-75-91-76(46-65)102-104(127-19-15-123-102,128-20-16-124-102)78-48-66(47-77(92(78)91)103-101(75,121-13-17-125-103)122-14-18-126-103)62-38-58-2-4-60-40-64(44-74-90(60)88(58)72(42-62)98-100(74,119-11-7-115-98)120-12-8-116-98)68-51-81-94-82(52-68)108-112(143-35-27-135-108,144-36-28-136-108)86-56-70(55-85(96(86)94)111-107(81,133-25-33-141-111)134-26-34-142-111)69-53-83-95-84(54-69)110-106(131-23-31-139-110,132-24-32-140-110)80-50-67(63)49-79(93(80)95)105-109(83,137-29-21-129-105)138-30-22-130-105/h3,37-38,40-56H,1-2,4-36,39H2. The van der Waals surface area contributed by atoms with E-state index in [-0.39, 0.29) is 211 Å². The molecule has 0 atom stereocenters. The predicted octanol–water partition coefficient (Wildman–Crippen LogP) is 12.0. The predicted molar refractivity (Wildman–Crippen MR) is 487 cm³/mol. The van der Waals surface area contributed by atoms with E-state index in [1.807, 2.05) is 0 Å². The fourth-order valence-electron chi connectivity index (χ4n) is 31.6. The van der Waals surface area contributed by atoms with Gasteiger partial charge in [0.05, 0.1) is 211 Å². The molecule has 0 radical (unpaired) electrons. The van der Waals surface area contributed by atoms with Crippen molar-refractivity contribution >= 4 is 11.1 Å². The van der Waals surface area contributed by atoms with Crippen molar-refractivity contribution in [1.82, 2.24) is 0 Å². The van der Waals surface area contributed by atoms with E-state index < -0.39 is 92.6 Å². The Morgan fingerprint density at radius 3 is 0.514 bits per heavy atom. The summed E-state index contributed by atoms with van der Waals surface area (Å²) in [6.45, 7) is 4.58. The molecule has 16 aliphatic heterocycles. The number of aryl methyl sites for hydroxylation is 2. The van der Waals surface area contributed by atoms with Gasteiger partial charge < -0.3 is 152 Å². The SMILES string of the molecule is C1=C2CC3=CC4=C2c2c(cc(cc2C25OCCOC42OCCO5)-c2cc4c5c(c2)C26OCCOC2(OCCO6)c2cc(cc(c2-5)C25OCCOC42OCCO5)-c2cc4c5c(c2)C26OCCOC2(OCCO6)c2cc(cc(c2-5)CC4)-c2cc4c5c(c2)C26OCCOC2(OCCO6)c2cc(cc(c2-5)C25OCCOC42OCCO5)-c2cc4c5c(c2)C26OCCOC2(OCCO6)c2cc3cc(c2-5)C23OCCOC42OCCO3)C1. The molecule has 0 aromatic heterocycles. The molecule has 0 saturated carbocycles. The summed E-state index contributed by atoms with van der Waals surface area (Å²) >= 11 is 0. The molecule has 0 unspecified atom stereocenters. The largest absolute Gasteiger partial charge is 0.339 e. The highest BCUT2D eigenvalue weighted by atomic mass is 16.9. The van der Waals surface area contributed by atoms with Crippen molar-refractivity contribution in [2.45, 2.75) is 118 Å². The van der Waals surface area contributed by atoms with Crippen LogP contribution in [0.15, 0.2) is 132 Å². The van der Waals surface area contributed by atoms with E-state index in [1.54, 1.807) is 0 Å². The number of rotatable bonds is 0. The summed E-state index contributed by atoms with van der Waals surface area (Å²) < 4.78 is 240. The minimum Gasteiger partial charge on any atom is -0.339 e. The van der Waals surface area contributed by atoms with Crippen molar-refractivity contribution in [3.63, 3.8) is 0 Å². The van der Waals surface area contributed by atoms with Crippen molar-refractivity contribution in [3.8, 4) is 89.0 Å². The molecule has 732 valence electrons. The normalized spacial score (nSPS) is 39.4. The Labute approximate surface area is 820 Å². The van der Waals surface area contributed by atoms with Gasteiger partial charge in [-0.15, -0.1) is 0 Å². The quantitative estimate of drug-likeness (QED) is 0.136. The van der Waals surface area contributed by atoms with Gasteiger partial charge in [-0.2, -0.15) is 0 Å². The van der Waals surface area contributed by atoms with Gasteiger partial charge in [0, 0.05) is 122 Å². The summed E-state index contributed by atoms with van der Waals surface area (Å²) in [4.78, 5) is 0. The topological polar surface area (TPSA) is 295 Å². The summed E-state index contributed by atoms with van der Waals surface area (Å²) in [5, 5.41) is 0. The van der Waals surface area contributed by atoms with Crippen LogP contribution in [0.3, 0.4) is 0 Å². The van der Waals surface area contributed by atoms with Gasteiger partial charge in [-0.25, -0.2) is 0 Å². The molecule has 9 aromatic carbocycles. The van der Waals surface area contributed by atoms with Crippen LogP contribution in [-0.2, 0) is 258 Å². The van der Waals surface area contributed by atoms with Gasteiger partial charge in [0.25, 0.3) is 92.6 Å². The second-order valence-corrected chi connectivity index (χ2v) is 41.9. The molecule has 16 fully saturated rings. The Bertz CT molecular complexity index is 7210. The lowest BCUT2D eigenvalue weighted by Crippen LogP contribution is -2.68. The fraction of sp³-hybridized carbons (Fsp3) is 0.464. The molecular formula is C112H92O32. The van der Waals surface area contributed by atoms with Crippen LogP contribution in [0, 0.1) is 0 Å². The number of hydrogen-bond donors (Lipinski definition) is 0. The molecule has 58 aliphatic carbocycles. The molecule has 16 heterocycles. The smallest absolute Gasteiger partial charge is 0.256 e. The zero-order valence-corrected chi connectivity index (χ0v) is 78.1. The molecule has 40 bridgehead atoms. The first-order valence-electron chi connectivity index (χ1n) is 51.2. The molecule has 83 rings (SSSR count). The molecule has 0 N–H and O–H groups in total. The van der Waals surface area contributed by atoms with Gasteiger partial charge in [-0.05, 0) is 223 Å². The summed E-state index contributed by atoms with van der Waals surface area (Å²) in [7, 11) is 0. The highest BCUT2D eigenvalue weighted by Crippen LogP contribution is 2.77. The van der Waals surface area contributed by atoms with Crippen LogP contribution in [0.1, 0.15) is 118 Å². The van der Waals surface area contributed by atoms with Crippen LogP contribution < -0.4 is 0 Å². The van der Waals surface area contributed by atoms with Crippen LogP contribution in [0.4, 0.5) is 0 Å². The van der Waals surface area contributed by atoms with Crippen molar-refractivity contribution in [1.29, 1.82) is 0 Å². The monoisotopic (exact) mass is 1950 g/mol. The molecule has 16 saturated heterocycles. The highest BCUT2D eigenvalue weighted by molar-refractivity contribution is 6.01. The van der Waals surface area contributed by atoms with Gasteiger partial charge in [0.2, 0.25) is 0 Å². The Hall–Kier alpha value is -9.08. The maximum Gasteiger partial charge on any atom is 0.256 e. The Balaban J connectivity index is 0.654. The number of allylic oxidation sites excluding steroid dienone is 4. The van der Waals surface area contributed by atoms with Crippen molar-refractivity contribution in [2.75, 3.05) is 211 Å². The van der Waals surface area contributed by atoms with Crippen LogP contribution in [0.25, 0.3) is 100 Å². The molecule has 74 aliphatic rings. The maximum atomic E-state index is 7.53. The summed E-state index contributed by atoms with van der Waals surface area (Å²) in [6.07, 6.45) is 6.66. The van der Waals surface area contributed by atoms with Gasteiger partial charge in [-0.1, -0.05) is 24.3 Å². The average molecular weight is 1950 g/mol. The molecule has 144 heavy (non-hydrogen) atoms. The second kappa shape index (κ2) is 27.2. The van der Waals surface area contributed by atoms with E-state index in [9.17, 15) is 0 Å². The first-order valence-corrected chi connectivity index (χ1v) is 51.2. The maximum absolute atomic E-state index is 7.53. The molecule has 0 spiro atoms. The fourth-order valence-corrected chi connectivity index (χ4v) is 31.6. The van der Waals surface area contributed by atoms with E-state index in [0.717, 1.165) is 134 Å². The van der Waals surface area contributed by atoms with E-state index >= 15 is 0 Å². The Kier molecular flexibility index (Phi) is 15.6. The third-order valence-electron chi connectivity index (χ3n) is 36.2. The van der Waals surface area contributed by atoms with Crippen LogP contribution >= 0.6 is 0 Å². The van der Waals surface area contributed by atoms with Gasteiger partial charge in [0.1, 0.15) is 0 Å². The highest BCUT2D eigenvalue weighted by Gasteiger charge is 2.81. The number of benzene rings is 9. The molecule has 9 aromatic rings. The van der Waals surface area contributed by atoms with Gasteiger partial charge in [-0.3, -0.25) is 0 Å². The minimum atomic E-state index is -1.83. The van der Waals surface area contributed by atoms with E-state index in [4.69, 9.17) is 152 Å². The van der Waals surface area contributed by atoms with Crippen molar-refractivity contribution < 1.29 is 152 Å². The first-order chi connectivity index (χ1) is 70.9. The Morgan fingerprint density at radius 1 is 0.146 bits per heavy atom. The zero-order valence-electron chi connectivity index (χ0n) is 78.1. The molecule has 0 amide bonds. The molecule has 32 nitrogen and oxygen atoms in total. The first kappa shape index (κ1) is 82.8. The third kappa shape index (κ3) is 8.79. The van der Waals surface area contributed by atoms with Gasteiger partial charge in [0.15, 0.2) is 0 Å². The summed E-state index contributed by atoms with van der Waals surface area (Å²) in [6, 6.07) is 39.5. The van der Waals surface area contributed by atoms with Gasteiger partial charge >= 0.3 is 0 Å². The number of hydrogen-bond acceptors (Lipinski definition) is 32. The Morgan fingerprint density at radius 2 is 0.306 bits per heavy atom. The van der Waals surface area contributed by atoms with E-state index in [1.165, 1.54) is 0 Å². The van der Waals surface area contributed by atoms with Crippen molar-refractivity contribution in [3.05, 3.63) is 244 Å². The summed E-state index contributed by atoms with van der Waals surface area (Å²) in [5.74, 6) is -28.5. The molecule has 32 heteroatoms. The second-order valence-electron chi connectivity index (χ2n) is 41.9. The van der Waals surface area contributed by atoms with Crippen molar-refractivity contribution in [2.24, 2.45) is 0 Å². The lowest BCUT2D eigenvalue weighted by atomic mass is 9.63. The lowest BCUT2D eigenvalue weighted by molar-refractivity contribution is -0.488. The van der Waals surface area contributed by atoms with E-state index in [0.29, 0.717) is 115 Å².